The van der Waals surface area contributed by atoms with Gasteiger partial charge in [0.05, 0.1) is 4.90 Å². The molecule has 8 heteroatoms. The first-order valence-electron chi connectivity index (χ1n) is 10.3. The maximum absolute atomic E-state index is 12.9. The molecule has 2 heterocycles. The highest BCUT2D eigenvalue weighted by Crippen LogP contribution is 2.33. The van der Waals surface area contributed by atoms with Gasteiger partial charge < -0.3 is 14.8 Å². The molecular formula is C22H26N2O5S. The molecule has 2 aromatic carbocycles. The number of hydrogen-bond donors (Lipinski definition) is 1. The lowest BCUT2D eigenvalue weighted by Gasteiger charge is -2.21. The van der Waals surface area contributed by atoms with Crippen LogP contribution in [0.15, 0.2) is 47.4 Å². The lowest BCUT2D eigenvalue weighted by atomic mass is 10.1. The molecule has 4 rings (SSSR count). The molecule has 2 aliphatic rings. The van der Waals surface area contributed by atoms with Crippen LogP contribution in [0, 0.1) is 0 Å². The molecule has 0 unspecified atom stereocenters. The zero-order chi connectivity index (χ0) is 21.0. The molecule has 1 saturated heterocycles. The van der Waals surface area contributed by atoms with E-state index in [2.05, 4.69) is 5.32 Å². The number of hydrogen-bond acceptors (Lipinski definition) is 5. The van der Waals surface area contributed by atoms with Crippen LogP contribution in [0.25, 0.3) is 0 Å². The largest absolute Gasteiger partial charge is 0.486 e. The van der Waals surface area contributed by atoms with Gasteiger partial charge in [0.25, 0.3) is 5.91 Å². The molecule has 1 fully saturated rings. The van der Waals surface area contributed by atoms with Crippen molar-refractivity contribution in [3.63, 3.8) is 0 Å². The smallest absolute Gasteiger partial charge is 0.251 e. The lowest BCUT2D eigenvalue weighted by Crippen LogP contribution is -2.32. The highest BCUT2D eigenvalue weighted by molar-refractivity contribution is 7.89. The van der Waals surface area contributed by atoms with E-state index in [1.165, 1.54) is 12.1 Å². The summed E-state index contributed by atoms with van der Waals surface area (Å²) < 4.78 is 38.5. The number of amides is 1. The molecule has 0 aliphatic carbocycles. The second kappa shape index (κ2) is 9.06. The Morgan fingerprint density at radius 1 is 0.933 bits per heavy atom. The fourth-order valence-corrected chi connectivity index (χ4v) is 5.28. The monoisotopic (exact) mass is 430 g/mol. The van der Waals surface area contributed by atoms with E-state index in [0.29, 0.717) is 49.9 Å². The van der Waals surface area contributed by atoms with Gasteiger partial charge in [-0.1, -0.05) is 25.0 Å². The normalized spacial score (nSPS) is 17.2. The van der Waals surface area contributed by atoms with Crippen LogP contribution in [0.3, 0.4) is 0 Å². The van der Waals surface area contributed by atoms with E-state index in [1.807, 2.05) is 18.2 Å². The third-order valence-corrected chi connectivity index (χ3v) is 7.32. The molecule has 0 spiro atoms. The van der Waals surface area contributed by atoms with Gasteiger partial charge in [-0.05, 0) is 43.2 Å². The van der Waals surface area contributed by atoms with Gasteiger partial charge in [-0.25, -0.2) is 8.42 Å². The molecule has 7 nitrogen and oxygen atoms in total. The van der Waals surface area contributed by atoms with Crippen molar-refractivity contribution in [3.05, 3.63) is 53.6 Å². The van der Waals surface area contributed by atoms with Crippen molar-refractivity contribution in [3.8, 4) is 11.5 Å². The minimum Gasteiger partial charge on any atom is -0.486 e. The van der Waals surface area contributed by atoms with Gasteiger partial charge >= 0.3 is 0 Å². The van der Waals surface area contributed by atoms with Crippen molar-refractivity contribution in [1.29, 1.82) is 0 Å². The highest BCUT2D eigenvalue weighted by Gasteiger charge is 2.25. The van der Waals surface area contributed by atoms with Crippen LogP contribution in [0.2, 0.25) is 0 Å². The van der Waals surface area contributed by atoms with Gasteiger partial charge in [0.15, 0.2) is 11.5 Å². The van der Waals surface area contributed by atoms with Gasteiger partial charge in [0.1, 0.15) is 13.2 Å². The first-order valence-corrected chi connectivity index (χ1v) is 11.8. The standard InChI is InChI=1S/C22H26N2O5S/c25-22(23-16-18-6-5-7-20-21(18)29-15-14-28-20)17-8-10-19(11-9-17)30(26,27)24-12-3-1-2-4-13-24/h5-11H,1-4,12-16H2,(H,23,25). The van der Waals surface area contributed by atoms with E-state index in [4.69, 9.17) is 9.47 Å². The Labute approximate surface area is 177 Å². The quantitative estimate of drug-likeness (QED) is 0.788. The van der Waals surface area contributed by atoms with Gasteiger partial charge in [-0.2, -0.15) is 4.31 Å². The highest BCUT2D eigenvalue weighted by atomic mass is 32.2. The van der Waals surface area contributed by atoms with Gasteiger partial charge in [0.2, 0.25) is 10.0 Å². The Morgan fingerprint density at radius 3 is 2.37 bits per heavy atom. The summed E-state index contributed by atoms with van der Waals surface area (Å²) in [5.41, 5.74) is 1.24. The Balaban J connectivity index is 1.42. The number of sulfonamides is 1. The molecule has 30 heavy (non-hydrogen) atoms. The third-order valence-electron chi connectivity index (χ3n) is 5.41. The number of rotatable bonds is 5. The minimum absolute atomic E-state index is 0.226. The Kier molecular flexibility index (Phi) is 6.24. The number of benzene rings is 2. The van der Waals surface area contributed by atoms with Crippen molar-refractivity contribution in [1.82, 2.24) is 9.62 Å². The van der Waals surface area contributed by atoms with Crippen LogP contribution in [-0.4, -0.2) is 44.9 Å². The lowest BCUT2D eigenvalue weighted by molar-refractivity contribution is 0.0949. The summed E-state index contributed by atoms with van der Waals surface area (Å²) in [6.07, 6.45) is 3.90. The fourth-order valence-electron chi connectivity index (χ4n) is 3.76. The maximum atomic E-state index is 12.9. The predicted molar refractivity (Wildman–Crippen MR) is 112 cm³/mol. The predicted octanol–water partition coefficient (Wildman–Crippen LogP) is 2.95. The Morgan fingerprint density at radius 2 is 1.63 bits per heavy atom. The first kappa shape index (κ1) is 20.7. The van der Waals surface area contributed by atoms with Crippen LogP contribution in [0.1, 0.15) is 41.6 Å². The van der Waals surface area contributed by atoms with Crippen LogP contribution in [0.4, 0.5) is 0 Å². The van der Waals surface area contributed by atoms with Crippen molar-refractivity contribution >= 4 is 15.9 Å². The van der Waals surface area contributed by atoms with Crippen LogP contribution >= 0.6 is 0 Å². The average molecular weight is 431 g/mol. The SMILES string of the molecule is O=C(NCc1cccc2c1OCCO2)c1ccc(S(=O)(=O)N2CCCCCC2)cc1. The molecule has 0 bridgehead atoms. The molecule has 0 atom stereocenters. The van der Waals surface area contributed by atoms with Crippen molar-refractivity contribution < 1.29 is 22.7 Å². The average Bonchev–Trinajstić information content (AvgIpc) is 3.08. The molecule has 1 amide bonds. The number of carbonyl (C=O) groups excluding carboxylic acids is 1. The molecule has 160 valence electrons. The zero-order valence-electron chi connectivity index (χ0n) is 16.8. The number of nitrogens with zero attached hydrogens (tertiary/aromatic N) is 1. The van der Waals surface area contributed by atoms with E-state index in [1.54, 1.807) is 16.4 Å². The summed E-state index contributed by atoms with van der Waals surface area (Å²) in [6.45, 7) is 2.38. The van der Waals surface area contributed by atoms with Gasteiger partial charge in [0, 0.05) is 30.8 Å². The van der Waals surface area contributed by atoms with Crippen molar-refractivity contribution in [2.75, 3.05) is 26.3 Å². The van der Waals surface area contributed by atoms with E-state index in [0.717, 1.165) is 31.2 Å². The third kappa shape index (κ3) is 4.44. The Hall–Kier alpha value is -2.58. The second-order valence-electron chi connectivity index (χ2n) is 7.47. The summed E-state index contributed by atoms with van der Waals surface area (Å²) in [5.74, 6) is 1.06. The van der Waals surface area contributed by atoms with Crippen LogP contribution < -0.4 is 14.8 Å². The van der Waals surface area contributed by atoms with Crippen LogP contribution in [-0.2, 0) is 16.6 Å². The number of nitrogens with one attached hydrogen (secondary N) is 1. The summed E-state index contributed by atoms with van der Waals surface area (Å²) in [5, 5.41) is 2.86. The second-order valence-corrected chi connectivity index (χ2v) is 9.40. The fraction of sp³-hybridized carbons (Fsp3) is 0.409. The minimum atomic E-state index is -3.52. The van der Waals surface area contributed by atoms with Crippen LogP contribution in [0.5, 0.6) is 11.5 Å². The summed E-state index contributed by atoms with van der Waals surface area (Å²) >= 11 is 0. The van der Waals surface area contributed by atoms with Crippen molar-refractivity contribution in [2.24, 2.45) is 0 Å². The van der Waals surface area contributed by atoms with E-state index in [9.17, 15) is 13.2 Å². The number of fused-ring (bicyclic) bond motifs is 1. The zero-order valence-corrected chi connectivity index (χ0v) is 17.6. The van der Waals surface area contributed by atoms with E-state index >= 15 is 0 Å². The number of ether oxygens (including phenoxy) is 2. The first-order chi connectivity index (χ1) is 14.6. The molecule has 0 radical (unpaired) electrons. The summed E-state index contributed by atoms with van der Waals surface area (Å²) in [7, 11) is -3.52. The molecule has 2 aromatic rings. The molecule has 0 saturated carbocycles. The molecule has 0 aromatic heterocycles. The van der Waals surface area contributed by atoms with E-state index < -0.39 is 10.0 Å². The summed E-state index contributed by atoms with van der Waals surface area (Å²) in [6, 6.07) is 11.7. The maximum Gasteiger partial charge on any atom is 0.251 e. The number of para-hydroxylation sites is 1. The number of carbonyl (C=O) groups is 1. The molecular weight excluding hydrogens is 404 g/mol. The molecule has 2 aliphatic heterocycles. The van der Waals surface area contributed by atoms with Gasteiger partial charge in [-0.3, -0.25) is 4.79 Å². The topological polar surface area (TPSA) is 84.9 Å². The Bertz CT molecular complexity index is 997. The van der Waals surface area contributed by atoms with Gasteiger partial charge in [-0.15, -0.1) is 0 Å². The van der Waals surface area contributed by atoms with Crippen molar-refractivity contribution in [2.45, 2.75) is 37.1 Å². The summed E-state index contributed by atoms with van der Waals surface area (Å²) in [4.78, 5) is 12.8. The van der Waals surface area contributed by atoms with E-state index in [-0.39, 0.29) is 10.8 Å². The molecule has 1 N–H and O–H groups in total.